The van der Waals surface area contributed by atoms with Crippen LogP contribution in [0.3, 0.4) is 0 Å². The van der Waals surface area contributed by atoms with Crippen molar-refractivity contribution in [2.75, 3.05) is 6.54 Å². The van der Waals surface area contributed by atoms with Crippen LogP contribution in [0.1, 0.15) is 42.5 Å². The molecule has 0 bridgehead atoms. The number of carbonyl (C=O) groups excluding carboxylic acids is 1. The molecular weight excluding hydrogens is 295 g/mol. The summed E-state index contributed by atoms with van der Waals surface area (Å²) >= 11 is 12.2. The lowest BCUT2D eigenvalue weighted by atomic mass is 9.70. The van der Waals surface area contributed by atoms with Crippen LogP contribution in [0, 0.1) is 0 Å². The Morgan fingerprint density at radius 3 is 2.60 bits per heavy atom. The maximum Gasteiger partial charge on any atom is 0.254 e. The standard InChI is InChI=1S/C15H18Cl2N2O/c16-11-3-1-4-12(17)13(11)14(20)19-10-5-8-18-15(9-10)6-2-7-15/h1,3-4,10,18H,2,5-9H2,(H,19,20). The van der Waals surface area contributed by atoms with Gasteiger partial charge in [-0.3, -0.25) is 4.79 Å². The third-order valence-electron chi connectivity index (χ3n) is 4.47. The average Bonchev–Trinajstić information content (AvgIpc) is 2.37. The van der Waals surface area contributed by atoms with Crippen molar-refractivity contribution in [1.82, 2.24) is 10.6 Å². The molecule has 1 aromatic carbocycles. The van der Waals surface area contributed by atoms with Gasteiger partial charge in [-0.15, -0.1) is 0 Å². The van der Waals surface area contributed by atoms with Gasteiger partial charge < -0.3 is 10.6 Å². The molecule has 0 radical (unpaired) electrons. The van der Waals surface area contributed by atoms with Gasteiger partial charge in [0.05, 0.1) is 15.6 Å². The molecule has 1 spiro atoms. The second kappa shape index (κ2) is 5.55. The third kappa shape index (κ3) is 2.67. The second-order valence-electron chi connectivity index (χ2n) is 5.82. The molecule has 20 heavy (non-hydrogen) atoms. The van der Waals surface area contributed by atoms with Gasteiger partial charge in [-0.1, -0.05) is 29.3 Å². The molecule has 1 heterocycles. The van der Waals surface area contributed by atoms with Gasteiger partial charge >= 0.3 is 0 Å². The van der Waals surface area contributed by atoms with Gasteiger partial charge in [-0.25, -0.2) is 0 Å². The number of piperidine rings is 1. The van der Waals surface area contributed by atoms with Crippen LogP contribution < -0.4 is 10.6 Å². The van der Waals surface area contributed by atoms with E-state index in [1.807, 2.05) is 0 Å². The van der Waals surface area contributed by atoms with Gasteiger partial charge in [-0.2, -0.15) is 0 Å². The first kappa shape index (κ1) is 14.2. The quantitative estimate of drug-likeness (QED) is 0.878. The molecule has 3 rings (SSSR count). The van der Waals surface area contributed by atoms with E-state index in [0.29, 0.717) is 15.6 Å². The van der Waals surface area contributed by atoms with E-state index in [1.54, 1.807) is 18.2 Å². The van der Waals surface area contributed by atoms with Crippen molar-refractivity contribution >= 4 is 29.1 Å². The highest BCUT2D eigenvalue weighted by Crippen LogP contribution is 2.38. The van der Waals surface area contributed by atoms with E-state index < -0.39 is 0 Å². The number of rotatable bonds is 2. The maximum atomic E-state index is 12.4. The molecule has 2 N–H and O–H groups in total. The van der Waals surface area contributed by atoms with Crippen LogP contribution in [-0.2, 0) is 0 Å². The van der Waals surface area contributed by atoms with Crippen molar-refractivity contribution in [1.29, 1.82) is 0 Å². The van der Waals surface area contributed by atoms with Crippen molar-refractivity contribution in [3.63, 3.8) is 0 Å². The molecule has 5 heteroatoms. The molecule has 1 aliphatic heterocycles. The molecule has 1 saturated heterocycles. The number of halogens is 2. The van der Waals surface area contributed by atoms with Crippen LogP contribution in [0.2, 0.25) is 10.0 Å². The smallest absolute Gasteiger partial charge is 0.254 e. The monoisotopic (exact) mass is 312 g/mol. The average molecular weight is 313 g/mol. The van der Waals surface area contributed by atoms with Crippen molar-refractivity contribution in [3.05, 3.63) is 33.8 Å². The predicted molar refractivity (Wildman–Crippen MR) is 81.5 cm³/mol. The lowest BCUT2D eigenvalue weighted by Gasteiger charge is -2.48. The van der Waals surface area contributed by atoms with Crippen LogP contribution in [0.5, 0.6) is 0 Å². The topological polar surface area (TPSA) is 41.1 Å². The molecular formula is C15H18Cl2N2O. The van der Waals surface area contributed by atoms with Crippen LogP contribution in [0.15, 0.2) is 18.2 Å². The first-order valence-corrected chi connectivity index (χ1v) is 7.85. The number of hydrogen-bond acceptors (Lipinski definition) is 2. The van der Waals surface area contributed by atoms with Crippen molar-refractivity contribution < 1.29 is 4.79 Å². The molecule has 0 aromatic heterocycles. The summed E-state index contributed by atoms with van der Waals surface area (Å²) in [6, 6.07) is 5.34. The van der Waals surface area contributed by atoms with Gasteiger partial charge in [0.25, 0.3) is 5.91 Å². The van der Waals surface area contributed by atoms with E-state index in [2.05, 4.69) is 10.6 Å². The molecule has 1 aliphatic carbocycles. The van der Waals surface area contributed by atoms with Crippen molar-refractivity contribution in [2.24, 2.45) is 0 Å². The number of benzene rings is 1. The minimum absolute atomic E-state index is 0.165. The minimum Gasteiger partial charge on any atom is -0.349 e. The van der Waals surface area contributed by atoms with Gasteiger partial charge in [0.2, 0.25) is 0 Å². The summed E-state index contributed by atoms with van der Waals surface area (Å²) in [6.45, 7) is 0.960. The fourth-order valence-electron chi connectivity index (χ4n) is 3.24. The third-order valence-corrected chi connectivity index (χ3v) is 5.10. The maximum absolute atomic E-state index is 12.4. The highest BCUT2D eigenvalue weighted by atomic mass is 35.5. The molecule has 1 atom stereocenters. The SMILES string of the molecule is O=C(NC1CCNC2(CCC2)C1)c1c(Cl)cccc1Cl. The van der Waals surface area contributed by atoms with Crippen LogP contribution in [0.4, 0.5) is 0 Å². The number of nitrogens with one attached hydrogen (secondary N) is 2. The Morgan fingerprint density at radius 2 is 2.00 bits per heavy atom. The zero-order valence-corrected chi connectivity index (χ0v) is 12.7. The zero-order valence-electron chi connectivity index (χ0n) is 11.2. The Balaban J connectivity index is 1.69. The Morgan fingerprint density at radius 1 is 1.30 bits per heavy atom. The first-order valence-electron chi connectivity index (χ1n) is 7.10. The minimum atomic E-state index is -0.165. The zero-order chi connectivity index (χ0) is 14.2. The summed E-state index contributed by atoms with van der Waals surface area (Å²) in [5, 5.41) is 7.50. The molecule has 1 saturated carbocycles. The fraction of sp³-hybridized carbons (Fsp3) is 0.533. The first-order chi connectivity index (χ1) is 9.60. The molecule has 2 fully saturated rings. The summed E-state index contributed by atoms with van der Waals surface area (Å²) in [7, 11) is 0. The molecule has 1 aromatic rings. The highest BCUT2D eigenvalue weighted by molar-refractivity contribution is 6.39. The predicted octanol–water partition coefficient (Wildman–Crippen LogP) is 3.40. The largest absolute Gasteiger partial charge is 0.349 e. The Kier molecular flexibility index (Phi) is 3.93. The molecule has 2 aliphatic rings. The van der Waals surface area contributed by atoms with E-state index in [-0.39, 0.29) is 17.5 Å². The van der Waals surface area contributed by atoms with Crippen molar-refractivity contribution in [3.8, 4) is 0 Å². The summed E-state index contributed by atoms with van der Waals surface area (Å²) in [5.41, 5.74) is 0.650. The van der Waals surface area contributed by atoms with Gasteiger partial charge in [-0.05, 0) is 50.8 Å². The van der Waals surface area contributed by atoms with Gasteiger partial charge in [0.15, 0.2) is 0 Å². The Bertz CT molecular complexity index is 508. The lowest BCUT2D eigenvalue weighted by Crippen LogP contribution is -2.59. The molecule has 3 nitrogen and oxygen atoms in total. The molecule has 108 valence electrons. The highest BCUT2D eigenvalue weighted by Gasteiger charge is 2.41. The lowest BCUT2D eigenvalue weighted by molar-refractivity contribution is 0.0853. The Labute approximate surface area is 129 Å². The normalized spacial score (nSPS) is 24.2. The number of carbonyl (C=O) groups is 1. The van der Waals surface area contributed by atoms with E-state index >= 15 is 0 Å². The Hall–Kier alpha value is -0.770. The number of hydrogen-bond donors (Lipinski definition) is 2. The van der Waals surface area contributed by atoms with E-state index in [0.717, 1.165) is 19.4 Å². The van der Waals surface area contributed by atoms with Gasteiger partial charge in [0, 0.05) is 11.6 Å². The second-order valence-corrected chi connectivity index (χ2v) is 6.63. The van der Waals surface area contributed by atoms with E-state index in [9.17, 15) is 4.79 Å². The molecule has 1 amide bonds. The van der Waals surface area contributed by atoms with Crippen LogP contribution >= 0.6 is 23.2 Å². The van der Waals surface area contributed by atoms with E-state index in [4.69, 9.17) is 23.2 Å². The summed E-state index contributed by atoms with van der Waals surface area (Å²) in [4.78, 5) is 12.4. The van der Waals surface area contributed by atoms with E-state index in [1.165, 1.54) is 19.3 Å². The van der Waals surface area contributed by atoms with Crippen LogP contribution in [0.25, 0.3) is 0 Å². The summed E-state index contributed by atoms with van der Waals surface area (Å²) in [6.07, 6.45) is 5.67. The molecule has 1 unspecified atom stereocenters. The summed E-state index contributed by atoms with van der Waals surface area (Å²) in [5.74, 6) is -0.165. The fourth-order valence-corrected chi connectivity index (χ4v) is 3.81. The summed E-state index contributed by atoms with van der Waals surface area (Å²) < 4.78 is 0. The van der Waals surface area contributed by atoms with Crippen molar-refractivity contribution in [2.45, 2.75) is 43.7 Å². The number of amides is 1. The van der Waals surface area contributed by atoms with Crippen LogP contribution in [-0.4, -0.2) is 24.0 Å². The van der Waals surface area contributed by atoms with Gasteiger partial charge in [0.1, 0.15) is 0 Å².